The van der Waals surface area contributed by atoms with Crippen LogP contribution in [0.2, 0.25) is 0 Å². The fourth-order valence-electron chi connectivity index (χ4n) is 1.72. The van der Waals surface area contributed by atoms with E-state index in [1.807, 2.05) is 24.3 Å². The van der Waals surface area contributed by atoms with Gasteiger partial charge in [0.1, 0.15) is 11.6 Å². The number of pyridine rings is 1. The highest BCUT2D eigenvalue weighted by atomic mass is 16.5. The SMILES string of the molecule is COc1ccc2ccnc(NCC(C)(C)O)c2c1. The molecule has 2 aromatic rings. The molecule has 0 aliphatic rings. The normalized spacial score (nSPS) is 11.6. The fraction of sp³-hybridized carbons (Fsp3) is 0.357. The van der Waals surface area contributed by atoms with Crippen molar-refractivity contribution in [3.8, 4) is 5.75 Å². The van der Waals surface area contributed by atoms with Crippen LogP contribution < -0.4 is 10.1 Å². The number of rotatable bonds is 4. The summed E-state index contributed by atoms with van der Waals surface area (Å²) in [4.78, 5) is 4.31. The van der Waals surface area contributed by atoms with Crippen LogP contribution in [0.4, 0.5) is 5.82 Å². The van der Waals surface area contributed by atoms with Crippen LogP contribution in [0.3, 0.4) is 0 Å². The zero-order chi connectivity index (χ0) is 13.2. The van der Waals surface area contributed by atoms with Crippen molar-refractivity contribution in [3.05, 3.63) is 30.5 Å². The summed E-state index contributed by atoms with van der Waals surface area (Å²) in [5.41, 5.74) is -0.775. The topological polar surface area (TPSA) is 54.4 Å². The molecule has 0 aliphatic carbocycles. The fourth-order valence-corrected chi connectivity index (χ4v) is 1.72. The Morgan fingerprint density at radius 1 is 1.33 bits per heavy atom. The Morgan fingerprint density at radius 2 is 2.11 bits per heavy atom. The van der Waals surface area contributed by atoms with Crippen LogP contribution in [-0.2, 0) is 0 Å². The van der Waals surface area contributed by atoms with Gasteiger partial charge in [-0.2, -0.15) is 0 Å². The van der Waals surface area contributed by atoms with E-state index in [4.69, 9.17) is 4.74 Å². The summed E-state index contributed by atoms with van der Waals surface area (Å²) >= 11 is 0. The molecule has 0 saturated carbocycles. The first kappa shape index (κ1) is 12.6. The molecular weight excluding hydrogens is 228 g/mol. The number of aliphatic hydroxyl groups is 1. The van der Waals surface area contributed by atoms with E-state index in [-0.39, 0.29) is 0 Å². The zero-order valence-electron chi connectivity index (χ0n) is 10.9. The van der Waals surface area contributed by atoms with E-state index in [2.05, 4.69) is 10.3 Å². The van der Waals surface area contributed by atoms with Gasteiger partial charge in [-0.05, 0) is 37.4 Å². The van der Waals surface area contributed by atoms with Gasteiger partial charge in [-0.25, -0.2) is 4.98 Å². The van der Waals surface area contributed by atoms with Crippen molar-refractivity contribution in [2.75, 3.05) is 19.0 Å². The number of hydrogen-bond acceptors (Lipinski definition) is 4. The third kappa shape index (κ3) is 2.90. The molecule has 0 amide bonds. The molecule has 0 unspecified atom stereocenters. The quantitative estimate of drug-likeness (QED) is 0.870. The average Bonchev–Trinajstić information content (AvgIpc) is 2.34. The molecule has 1 aromatic heterocycles. The van der Waals surface area contributed by atoms with E-state index in [1.165, 1.54) is 0 Å². The summed E-state index contributed by atoms with van der Waals surface area (Å²) < 4.78 is 5.22. The van der Waals surface area contributed by atoms with Crippen molar-refractivity contribution < 1.29 is 9.84 Å². The molecule has 0 radical (unpaired) electrons. The second-order valence-corrected chi connectivity index (χ2v) is 4.91. The van der Waals surface area contributed by atoms with Crippen molar-refractivity contribution in [1.82, 2.24) is 4.98 Å². The molecule has 0 aliphatic heterocycles. The van der Waals surface area contributed by atoms with E-state index in [0.29, 0.717) is 6.54 Å². The van der Waals surface area contributed by atoms with Gasteiger partial charge in [-0.3, -0.25) is 0 Å². The van der Waals surface area contributed by atoms with Gasteiger partial charge in [0.15, 0.2) is 0 Å². The number of hydrogen-bond donors (Lipinski definition) is 2. The molecular formula is C14H18N2O2. The maximum absolute atomic E-state index is 9.74. The molecule has 4 heteroatoms. The van der Waals surface area contributed by atoms with Crippen LogP contribution in [0.1, 0.15) is 13.8 Å². The maximum Gasteiger partial charge on any atom is 0.134 e. The first-order valence-electron chi connectivity index (χ1n) is 5.88. The van der Waals surface area contributed by atoms with Crippen molar-refractivity contribution in [2.45, 2.75) is 19.4 Å². The highest BCUT2D eigenvalue weighted by Crippen LogP contribution is 2.25. The third-order valence-corrected chi connectivity index (χ3v) is 2.66. The lowest BCUT2D eigenvalue weighted by Crippen LogP contribution is -2.29. The van der Waals surface area contributed by atoms with Crippen molar-refractivity contribution >= 4 is 16.6 Å². The number of anilines is 1. The van der Waals surface area contributed by atoms with Crippen LogP contribution in [0, 0.1) is 0 Å². The van der Waals surface area contributed by atoms with Gasteiger partial charge < -0.3 is 15.2 Å². The van der Waals surface area contributed by atoms with Crippen molar-refractivity contribution in [2.24, 2.45) is 0 Å². The van der Waals surface area contributed by atoms with Crippen molar-refractivity contribution in [3.63, 3.8) is 0 Å². The predicted molar refractivity (Wildman–Crippen MR) is 73.1 cm³/mol. The van der Waals surface area contributed by atoms with Gasteiger partial charge in [0.25, 0.3) is 0 Å². The van der Waals surface area contributed by atoms with E-state index >= 15 is 0 Å². The second kappa shape index (κ2) is 4.82. The number of ether oxygens (including phenoxy) is 1. The Hall–Kier alpha value is -1.81. The van der Waals surface area contributed by atoms with Gasteiger partial charge in [0.05, 0.1) is 12.7 Å². The van der Waals surface area contributed by atoms with Gasteiger partial charge >= 0.3 is 0 Å². The highest BCUT2D eigenvalue weighted by molar-refractivity contribution is 5.92. The molecule has 0 spiro atoms. The van der Waals surface area contributed by atoms with E-state index in [9.17, 15) is 5.11 Å². The van der Waals surface area contributed by atoms with Crippen LogP contribution in [0.15, 0.2) is 30.5 Å². The number of aromatic nitrogens is 1. The van der Waals surface area contributed by atoms with Gasteiger partial charge in [-0.15, -0.1) is 0 Å². The standard InChI is InChI=1S/C14H18N2O2/c1-14(2,17)9-16-13-12-8-11(18-3)5-4-10(12)6-7-15-13/h4-8,17H,9H2,1-3H3,(H,15,16). The lowest BCUT2D eigenvalue weighted by molar-refractivity contribution is 0.0944. The second-order valence-electron chi connectivity index (χ2n) is 4.91. The Labute approximate surface area is 107 Å². The molecule has 0 bridgehead atoms. The molecule has 0 atom stereocenters. The molecule has 4 nitrogen and oxygen atoms in total. The van der Waals surface area contributed by atoms with Crippen LogP contribution >= 0.6 is 0 Å². The number of fused-ring (bicyclic) bond motifs is 1. The minimum absolute atomic E-state index is 0.441. The Morgan fingerprint density at radius 3 is 2.78 bits per heavy atom. The lowest BCUT2D eigenvalue weighted by Gasteiger charge is -2.18. The summed E-state index contributed by atoms with van der Waals surface area (Å²) in [5, 5.41) is 15.0. The molecule has 0 saturated heterocycles. The first-order chi connectivity index (χ1) is 8.49. The maximum atomic E-state index is 9.74. The number of nitrogens with zero attached hydrogens (tertiary/aromatic N) is 1. The van der Waals surface area contributed by atoms with E-state index < -0.39 is 5.60 Å². The Kier molecular flexibility index (Phi) is 3.39. The summed E-state index contributed by atoms with van der Waals surface area (Å²) in [6.07, 6.45) is 1.75. The predicted octanol–water partition coefficient (Wildman–Crippen LogP) is 2.43. The van der Waals surface area contributed by atoms with Gasteiger partial charge in [-0.1, -0.05) is 6.07 Å². The van der Waals surface area contributed by atoms with E-state index in [1.54, 1.807) is 27.2 Å². The van der Waals surface area contributed by atoms with Crippen LogP contribution in [0.25, 0.3) is 10.8 Å². The zero-order valence-corrected chi connectivity index (χ0v) is 10.9. The minimum Gasteiger partial charge on any atom is -0.497 e. The summed E-state index contributed by atoms with van der Waals surface area (Å²) in [5.74, 6) is 1.55. The summed E-state index contributed by atoms with van der Waals surface area (Å²) in [7, 11) is 1.64. The molecule has 2 rings (SSSR count). The third-order valence-electron chi connectivity index (χ3n) is 2.66. The first-order valence-corrected chi connectivity index (χ1v) is 5.88. The molecule has 1 heterocycles. The largest absolute Gasteiger partial charge is 0.497 e. The molecule has 18 heavy (non-hydrogen) atoms. The lowest BCUT2D eigenvalue weighted by atomic mass is 10.1. The molecule has 2 N–H and O–H groups in total. The summed E-state index contributed by atoms with van der Waals surface area (Å²) in [6, 6.07) is 7.80. The highest BCUT2D eigenvalue weighted by Gasteiger charge is 2.13. The number of methoxy groups -OCH3 is 1. The number of benzene rings is 1. The van der Waals surface area contributed by atoms with Gasteiger partial charge in [0.2, 0.25) is 0 Å². The monoisotopic (exact) mass is 246 g/mol. The molecule has 1 aromatic carbocycles. The number of nitrogens with one attached hydrogen (secondary N) is 1. The smallest absolute Gasteiger partial charge is 0.134 e. The Bertz CT molecular complexity index is 547. The van der Waals surface area contributed by atoms with Crippen LogP contribution in [-0.4, -0.2) is 29.3 Å². The van der Waals surface area contributed by atoms with Gasteiger partial charge in [0, 0.05) is 18.1 Å². The average molecular weight is 246 g/mol. The van der Waals surface area contributed by atoms with E-state index in [0.717, 1.165) is 22.3 Å². The molecule has 96 valence electrons. The Balaban J connectivity index is 2.37. The van der Waals surface area contributed by atoms with Crippen molar-refractivity contribution in [1.29, 1.82) is 0 Å². The minimum atomic E-state index is -0.775. The van der Waals surface area contributed by atoms with Crippen LogP contribution in [0.5, 0.6) is 5.75 Å². The molecule has 0 fully saturated rings. The summed E-state index contributed by atoms with van der Waals surface area (Å²) in [6.45, 7) is 3.95.